The number of aromatic amines is 1. The minimum absolute atomic E-state index is 0.0204. The van der Waals surface area contributed by atoms with Crippen LogP contribution >= 0.6 is 11.3 Å². The molecule has 2 aliphatic rings. The summed E-state index contributed by atoms with van der Waals surface area (Å²) in [6, 6.07) is 7.23. The van der Waals surface area contributed by atoms with Crippen molar-refractivity contribution >= 4 is 39.1 Å². The van der Waals surface area contributed by atoms with E-state index in [4.69, 9.17) is 9.47 Å². The molecule has 5 rings (SSSR count). The van der Waals surface area contributed by atoms with Crippen molar-refractivity contribution in [3.63, 3.8) is 0 Å². The summed E-state index contributed by atoms with van der Waals surface area (Å²) >= 11 is 1.54. The van der Waals surface area contributed by atoms with Crippen LogP contribution < -0.4 is 15.2 Å². The molecule has 160 valence electrons. The number of carbonyl (C=O) groups is 2. The number of nitrogens with zero attached hydrogens (tertiary/aromatic N) is 2. The summed E-state index contributed by atoms with van der Waals surface area (Å²) in [5, 5.41) is 0.672. The number of benzene rings is 1. The number of para-hydroxylation sites is 2. The molecule has 9 heteroatoms. The van der Waals surface area contributed by atoms with Gasteiger partial charge in [-0.1, -0.05) is 12.1 Å². The molecule has 8 nitrogen and oxygen atoms in total. The zero-order chi connectivity index (χ0) is 21.5. The van der Waals surface area contributed by atoms with Crippen molar-refractivity contribution in [1.29, 1.82) is 0 Å². The third kappa shape index (κ3) is 3.59. The lowest BCUT2D eigenvalue weighted by atomic mass is 10.2. The molecule has 1 N–H and O–H groups in total. The van der Waals surface area contributed by atoms with Gasteiger partial charge in [-0.2, -0.15) is 0 Å². The minimum atomic E-state index is -0.612. The highest BCUT2D eigenvalue weighted by atomic mass is 32.1. The maximum Gasteiger partial charge on any atom is 0.308 e. The first-order valence-electron chi connectivity index (χ1n) is 10.3. The smallest absolute Gasteiger partial charge is 0.308 e. The van der Waals surface area contributed by atoms with Crippen molar-refractivity contribution in [2.24, 2.45) is 0 Å². The second kappa shape index (κ2) is 7.81. The number of nitrogens with one attached hydrogen (secondary N) is 1. The number of esters is 1. The minimum Gasteiger partial charge on any atom is -0.479 e. The molecule has 3 heterocycles. The van der Waals surface area contributed by atoms with Crippen LogP contribution in [-0.4, -0.2) is 34.5 Å². The highest BCUT2D eigenvalue weighted by molar-refractivity contribution is 7.18. The van der Waals surface area contributed by atoms with Gasteiger partial charge >= 0.3 is 5.97 Å². The molecule has 3 aromatic rings. The summed E-state index contributed by atoms with van der Waals surface area (Å²) < 4.78 is 10.9. The third-order valence-electron chi connectivity index (χ3n) is 5.61. The van der Waals surface area contributed by atoms with Gasteiger partial charge in [0.25, 0.3) is 11.5 Å². The van der Waals surface area contributed by atoms with E-state index in [-0.39, 0.29) is 31.0 Å². The molecule has 1 amide bonds. The van der Waals surface area contributed by atoms with E-state index < -0.39 is 12.1 Å². The normalized spacial score (nSPS) is 17.4. The number of H-pyrrole nitrogens is 1. The first kappa shape index (κ1) is 19.7. The Bertz CT molecular complexity index is 1250. The molecule has 0 saturated carbocycles. The van der Waals surface area contributed by atoms with Gasteiger partial charge in [-0.05, 0) is 43.9 Å². The van der Waals surface area contributed by atoms with Gasteiger partial charge < -0.3 is 19.4 Å². The molecule has 0 bridgehead atoms. The van der Waals surface area contributed by atoms with Gasteiger partial charge in [0.2, 0.25) is 0 Å². The average molecular weight is 439 g/mol. The summed E-state index contributed by atoms with van der Waals surface area (Å²) in [7, 11) is 0. The van der Waals surface area contributed by atoms with Crippen LogP contribution in [0.1, 0.15) is 36.0 Å². The Kier molecular flexibility index (Phi) is 4.97. The molecule has 31 heavy (non-hydrogen) atoms. The van der Waals surface area contributed by atoms with E-state index >= 15 is 0 Å². The molecule has 0 spiro atoms. The predicted octanol–water partition coefficient (Wildman–Crippen LogP) is 2.72. The first-order valence-corrected chi connectivity index (χ1v) is 11.1. The lowest BCUT2D eigenvalue weighted by Gasteiger charge is -2.32. The van der Waals surface area contributed by atoms with Gasteiger partial charge in [0.05, 0.1) is 17.5 Å². The van der Waals surface area contributed by atoms with Crippen LogP contribution in [-0.2, 0) is 33.8 Å². The number of aryl methyl sites for hydroxylation is 2. The van der Waals surface area contributed by atoms with Crippen LogP contribution in [0.2, 0.25) is 0 Å². The quantitative estimate of drug-likeness (QED) is 0.614. The third-order valence-corrected chi connectivity index (χ3v) is 6.79. The van der Waals surface area contributed by atoms with E-state index in [1.807, 2.05) is 12.1 Å². The predicted molar refractivity (Wildman–Crippen MR) is 116 cm³/mol. The number of aromatic nitrogens is 2. The maximum absolute atomic E-state index is 12.5. The van der Waals surface area contributed by atoms with E-state index in [2.05, 4.69) is 9.97 Å². The number of fused-ring (bicyclic) bond motifs is 4. The number of rotatable bonds is 5. The van der Waals surface area contributed by atoms with Crippen LogP contribution in [0.25, 0.3) is 10.2 Å². The van der Waals surface area contributed by atoms with Gasteiger partial charge in [-0.25, -0.2) is 4.98 Å². The summed E-state index contributed by atoms with van der Waals surface area (Å²) in [4.78, 5) is 48.0. The van der Waals surface area contributed by atoms with Gasteiger partial charge in [-0.15, -0.1) is 11.3 Å². The fourth-order valence-corrected chi connectivity index (χ4v) is 5.41. The number of amides is 1. The summed E-state index contributed by atoms with van der Waals surface area (Å²) in [5.41, 5.74) is 1.57. The van der Waals surface area contributed by atoms with Crippen molar-refractivity contribution < 1.29 is 19.1 Å². The number of hydrogen-bond acceptors (Lipinski definition) is 7. The number of anilines is 1. The second-order valence-corrected chi connectivity index (χ2v) is 8.76. The molecule has 1 aliphatic carbocycles. The molecule has 1 aromatic carbocycles. The highest BCUT2D eigenvalue weighted by Crippen LogP contribution is 2.35. The molecular weight excluding hydrogens is 418 g/mol. The van der Waals surface area contributed by atoms with Crippen molar-refractivity contribution in [3.8, 4) is 5.75 Å². The van der Waals surface area contributed by atoms with Crippen LogP contribution in [0.4, 0.5) is 5.69 Å². The Morgan fingerprint density at radius 1 is 1.32 bits per heavy atom. The Hall–Kier alpha value is -3.20. The Labute approximate surface area is 181 Å². The van der Waals surface area contributed by atoms with E-state index in [0.29, 0.717) is 27.5 Å². The largest absolute Gasteiger partial charge is 0.479 e. The Morgan fingerprint density at radius 2 is 2.16 bits per heavy atom. The fourth-order valence-electron chi connectivity index (χ4n) is 4.13. The van der Waals surface area contributed by atoms with E-state index in [9.17, 15) is 14.4 Å². The number of hydrogen-bond donors (Lipinski definition) is 1. The van der Waals surface area contributed by atoms with E-state index in [0.717, 1.165) is 24.8 Å². The SMILES string of the molecule is C[C@H]1Oc2ccccc2N(CCC(=O)OCc2nc3sc4c(c3c(=O)[nH]2)CCC4)C1=O. The molecule has 1 atom stereocenters. The van der Waals surface area contributed by atoms with E-state index in [1.165, 1.54) is 4.88 Å². The molecule has 0 radical (unpaired) electrons. The Morgan fingerprint density at radius 3 is 3.03 bits per heavy atom. The first-order chi connectivity index (χ1) is 15.0. The molecule has 0 fully saturated rings. The molecule has 0 unspecified atom stereocenters. The molecule has 2 aromatic heterocycles. The summed E-state index contributed by atoms with van der Waals surface area (Å²) in [5.74, 6) is 0.266. The Balaban J connectivity index is 1.24. The van der Waals surface area contributed by atoms with Gasteiger partial charge in [0, 0.05) is 11.4 Å². The second-order valence-electron chi connectivity index (χ2n) is 7.68. The topological polar surface area (TPSA) is 102 Å². The van der Waals surface area contributed by atoms with Crippen molar-refractivity contribution in [2.75, 3.05) is 11.4 Å². The fraction of sp³-hybridized carbons (Fsp3) is 0.364. The lowest BCUT2D eigenvalue weighted by molar-refractivity contribution is -0.145. The van der Waals surface area contributed by atoms with Gasteiger partial charge in [-0.3, -0.25) is 14.4 Å². The number of carbonyl (C=O) groups excluding carboxylic acids is 2. The van der Waals surface area contributed by atoms with Gasteiger partial charge in [0.15, 0.2) is 6.10 Å². The molecule has 0 saturated heterocycles. The van der Waals surface area contributed by atoms with Crippen LogP contribution in [0.3, 0.4) is 0 Å². The number of thiophene rings is 1. The van der Waals surface area contributed by atoms with Crippen LogP contribution in [0.5, 0.6) is 5.75 Å². The van der Waals surface area contributed by atoms with Crippen LogP contribution in [0.15, 0.2) is 29.1 Å². The average Bonchev–Trinajstić information content (AvgIpc) is 3.33. The van der Waals surface area contributed by atoms with Crippen molar-refractivity contribution in [3.05, 3.63) is 50.9 Å². The lowest BCUT2D eigenvalue weighted by Crippen LogP contribution is -2.45. The monoisotopic (exact) mass is 439 g/mol. The summed E-state index contributed by atoms with van der Waals surface area (Å²) in [6.45, 7) is 1.75. The number of ether oxygens (including phenoxy) is 2. The standard InChI is InChI=1S/C22H21N3O5S/c1-12-22(28)25(14-6-2-3-7-15(14)30-12)10-9-18(26)29-11-17-23-20(27)19-13-5-4-8-16(13)31-21(19)24-17/h2-3,6-7,12H,4-5,8-11H2,1H3,(H,23,24,27)/t12-/m1/s1. The van der Waals surface area contributed by atoms with Gasteiger partial charge in [0.1, 0.15) is 23.0 Å². The van der Waals surface area contributed by atoms with Crippen LogP contribution in [0, 0.1) is 0 Å². The van der Waals surface area contributed by atoms with E-state index in [1.54, 1.807) is 35.3 Å². The van der Waals surface area contributed by atoms with Crippen molar-refractivity contribution in [2.45, 2.75) is 45.3 Å². The zero-order valence-corrected chi connectivity index (χ0v) is 17.8. The zero-order valence-electron chi connectivity index (χ0n) is 17.0. The highest BCUT2D eigenvalue weighted by Gasteiger charge is 2.31. The van der Waals surface area contributed by atoms with Crippen molar-refractivity contribution in [1.82, 2.24) is 9.97 Å². The molecule has 1 aliphatic heterocycles. The maximum atomic E-state index is 12.5. The molecular formula is C22H21N3O5S. The summed E-state index contributed by atoms with van der Waals surface area (Å²) in [6.07, 6.45) is 2.38.